The van der Waals surface area contributed by atoms with Gasteiger partial charge in [-0.05, 0) is 83.0 Å². The number of fused-ring (bicyclic) bond motifs is 4. The highest BCUT2D eigenvalue weighted by Crippen LogP contribution is 2.51. The summed E-state index contributed by atoms with van der Waals surface area (Å²) in [5.41, 5.74) is 0.806. The van der Waals surface area contributed by atoms with E-state index in [1.807, 2.05) is 0 Å². The summed E-state index contributed by atoms with van der Waals surface area (Å²) in [4.78, 5) is 5.15. The van der Waals surface area contributed by atoms with Crippen LogP contribution in [0.2, 0.25) is 0 Å². The number of nitrogens with zero attached hydrogens (tertiary/aromatic N) is 1. The molecule has 0 aromatic rings. The predicted molar refractivity (Wildman–Crippen MR) is 74.9 cm³/mol. The quantitative estimate of drug-likeness (QED) is 0.583. The van der Waals surface area contributed by atoms with Gasteiger partial charge in [0.2, 0.25) is 0 Å². The Balaban J connectivity index is 1.48. The fraction of sp³-hybridized carbons (Fsp3) is 0.938. The lowest BCUT2D eigenvalue weighted by molar-refractivity contribution is 0.371. The molecule has 2 nitrogen and oxygen atoms in total. The standard InChI is InChI=1S/C16H26N2/c1-12(17-15-6-2-13(10-15)3-7-15)18-16-8-4-14(11-16)5-9-16/h13-14H,2-11H2,1H3,(H,17,18). The van der Waals surface area contributed by atoms with Crippen LogP contribution >= 0.6 is 0 Å². The second-order valence-electron chi connectivity index (χ2n) is 7.62. The minimum Gasteiger partial charge on any atom is -0.369 e. The summed E-state index contributed by atoms with van der Waals surface area (Å²) >= 11 is 0. The first kappa shape index (κ1) is 11.3. The Labute approximate surface area is 111 Å². The maximum Gasteiger partial charge on any atom is 0.0942 e. The van der Waals surface area contributed by atoms with Crippen molar-refractivity contribution in [1.82, 2.24) is 5.32 Å². The molecule has 0 radical (unpaired) electrons. The summed E-state index contributed by atoms with van der Waals surface area (Å²) in [6.07, 6.45) is 14.0. The summed E-state index contributed by atoms with van der Waals surface area (Å²) < 4.78 is 0. The van der Waals surface area contributed by atoms with Crippen molar-refractivity contribution in [2.45, 2.75) is 82.2 Å². The van der Waals surface area contributed by atoms with Crippen LogP contribution in [0.1, 0.15) is 71.1 Å². The number of nitrogens with one attached hydrogen (secondary N) is 1. The zero-order chi connectivity index (χ0) is 12.2. The van der Waals surface area contributed by atoms with E-state index in [4.69, 9.17) is 4.99 Å². The molecule has 0 spiro atoms. The molecule has 4 saturated carbocycles. The van der Waals surface area contributed by atoms with Gasteiger partial charge in [-0.3, -0.25) is 4.99 Å². The third-order valence-electron chi connectivity index (χ3n) is 6.30. The second kappa shape index (κ2) is 3.74. The molecule has 1 N–H and O–H groups in total. The number of hydrogen-bond acceptors (Lipinski definition) is 1. The molecule has 0 amide bonds. The Morgan fingerprint density at radius 2 is 1.56 bits per heavy atom. The molecule has 0 aromatic carbocycles. The van der Waals surface area contributed by atoms with E-state index in [2.05, 4.69) is 12.2 Å². The van der Waals surface area contributed by atoms with Crippen molar-refractivity contribution in [3.8, 4) is 0 Å². The summed E-state index contributed by atoms with van der Waals surface area (Å²) in [5.74, 6) is 3.27. The minimum atomic E-state index is 0.356. The van der Waals surface area contributed by atoms with Gasteiger partial charge >= 0.3 is 0 Å². The Morgan fingerprint density at radius 3 is 2.06 bits per heavy atom. The highest BCUT2D eigenvalue weighted by Gasteiger charge is 2.47. The zero-order valence-corrected chi connectivity index (χ0v) is 11.7. The topological polar surface area (TPSA) is 24.4 Å². The molecular formula is C16H26N2. The van der Waals surface area contributed by atoms with Crippen LogP contribution in [0.5, 0.6) is 0 Å². The highest BCUT2D eigenvalue weighted by molar-refractivity contribution is 5.81. The highest BCUT2D eigenvalue weighted by atomic mass is 15.1. The van der Waals surface area contributed by atoms with E-state index in [1.54, 1.807) is 0 Å². The zero-order valence-electron chi connectivity index (χ0n) is 11.7. The van der Waals surface area contributed by atoms with Crippen molar-refractivity contribution >= 4 is 5.84 Å². The first-order valence-corrected chi connectivity index (χ1v) is 8.02. The molecule has 0 heterocycles. The van der Waals surface area contributed by atoms with Crippen molar-refractivity contribution in [3.63, 3.8) is 0 Å². The fourth-order valence-electron chi connectivity index (χ4n) is 5.45. The van der Waals surface area contributed by atoms with Crippen LogP contribution in [0, 0.1) is 11.8 Å². The van der Waals surface area contributed by atoms with E-state index < -0.39 is 0 Å². The molecule has 0 aromatic heterocycles. The van der Waals surface area contributed by atoms with Crippen LogP contribution in [0.4, 0.5) is 0 Å². The number of aliphatic imine (C=N–C) groups is 1. The first-order chi connectivity index (χ1) is 8.67. The van der Waals surface area contributed by atoms with Gasteiger partial charge in [0.25, 0.3) is 0 Å². The van der Waals surface area contributed by atoms with Gasteiger partial charge in [0.05, 0.1) is 11.4 Å². The molecule has 4 fully saturated rings. The fourth-order valence-corrected chi connectivity index (χ4v) is 5.45. The van der Waals surface area contributed by atoms with Gasteiger partial charge in [0.15, 0.2) is 0 Å². The molecule has 4 aliphatic rings. The molecule has 4 aliphatic carbocycles. The summed E-state index contributed by atoms with van der Waals surface area (Å²) in [6, 6.07) is 0. The normalized spacial score (nSPS) is 50.2. The number of hydrogen-bond donors (Lipinski definition) is 1. The Kier molecular flexibility index (Phi) is 2.35. The van der Waals surface area contributed by atoms with Crippen LogP contribution in [0.15, 0.2) is 4.99 Å². The molecule has 18 heavy (non-hydrogen) atoms. The first-order valence-electron chi connectivity index (χ1n) is 8.02. The van der Waals surface area contributed by atoms with E-state index in [1.165, 1.54) is 70.0 Å². The lowest BCUT2D eigenvalue weighted by Gasteiger charge is -2.31. The maximum atomic E-state index is 5.15. The van der Waals surface area contributed by atoms with E-state index in [-0.39, 0.29) is 0 Å². The average Bonchev–Trinajstić information content (AvgIpc) is 3.06. The molecule has 2 heteroatoms. The third kappa shape index (κ3) is 1.71. The molecule has 0 saturated heterocycles. The number of rotatable bonds is 2. The van der Waals surface area contributed by atoms with E-state index in [0.29, 0.717) is 11.1 Å². The Hall–Kier alpha value is -0.530. The van der Waals surface area contributed by atoms with Gasteiger partial charge in [-0.25, -0.2) is 0 Å². The van der Waals surface area contributed by atoms with Gasteiger partial charge in [-0.1, -0.05) is 0 Å². The molecule has 4 rings (SSSR count). The van der Waals surface area contributed by atoms with Crippen LogP contribution in [0.25, 0.3) is 0 Å². The Bertz CT molecular complexity index is 369. The summed E-state index contributed by atoms with van der Waals surface area (Å²) in [6.45, 7) is 2.22. The lowest BCUT2D eigenvalue weighted by Crippen LogP contribution is -2.45. The lowest BCUT2D eigenvalue weighted by atomic mass is 9.93. The van der Waals surface area contributed by atoms with Gasteiger partial charge in [-0.15, -0.1) is 0 Å². The Morgan fingerprint density at radius 1 is 0.944 bits per heavy atom. The monoisotopic (exact) mass is 246 g/mol. The predicted octanol–water partition coefficient (Wildman–Crippen LogP) is 3.66. The van der Waals surface area contributed by atoms with Crippen molar-refractivity contribution in [2.24, 2.45) is 16.8 Å². The molecule has 0 unspecified atom stereocenters. The largest absolute Gasteiger partial charge is 0.369 e. The average molecular weight is 246 g/mol. The van der Waals surface area contributed by atoms with Crippen LogP contribution in [-0.2, 0) is 0 Å². The van der Waals surface area contributed by atoms with E-state index in [9.17, 15) is 0 Å². The van der Waals surface area contributed by atoms with Gasteiger partial charge in [0, 0.05) is 5.54 Å². The van der Waals surface area contributed by atoms with E-state index >= 15 is 0 Å². The smallest absolute Gasteiger partial charge is 0.0942 e. The van der Waals surface area contributed by atoms with Crippen molar-refractivity contribution in [1.29, 1.82) is 0 Å². The molecule has 4 bridgehead atoms. The van der Waals surface area contributed by atoms with Crippen molar-refractivity contribution in [2.75, 3.05) is 0 Å². The molecular weight excluding hydrogens is 220 g/mol. The SMILES string of the molecule is CC(=NC12CCC(CC1)C2)NC12CCC(CC1)C2. The van der Waals surface area contributed by atoms with Gasteiger partial charge in [-0.2, -0.15) is 0 Å². The van der Waals surface area contributed by atoms with Crippen molar-refractivity contribution < 1.29 is 0 Å². The summed E-state index contributed by atoms with van der Waals surface area (Å²) in [7, 11) is 0. The van der Waals surface area contributed by atoms with E-state index in [0.717, 1.165) is 11.8 Å². The van der Waals surface area contributed by atoms with Gasteiger partial charge < -0.3 is 5.32 Å². The third-order valence-corrected chi connectivity index (χ3v) is 6.30. The van der Waals surface area contributed by atoms with Gasteiger partial charge in [0.1, 0.15) is 0 Å². The number of amidine groups is 1. The van der Waals surface area contributed by atoms with Crippen molar-refractivity contribution in [3.05, 3.63) is 0 Å². The van der Waals surface area contributed by atoms with Crippen LogP contribution in [-0.4, -0.2) is 16.9 Å². The molecule has 0 aliphatic heterocycles. The second-order valence-corrected chi connectivity index (χ2v) is 7.62. The summed E-state index contributed by atoms with van der Waals surface area (Å²) in [5, 5.41) is 3.84. The molecule has 0 atom stereocenters. The van der Waals surface area contributed by atoms with Crippen LogP contribution in [0.3, 0.4) is 0 Å². The minimum absolute atomic E-state index is 0.356. The maximum absolute atomic E-state index is 5.15. The van der Waals surface area contributed by atoms with Crippen LogP contribution < -0.4 is 5.32 Å². The molecule has 100 valence electrons.